The van der Waals surface area contributed by atoms with E-state index in [-0.39, 0.29) is 11.3 Å². The van der Waals surface area contributed by atoms with E-state index in [9.17, 15) is 9.18 Å². The normalized spacial score (nSPS) is 10.4. The highest BCUT2D eigenvalue weighted by Crippen LogP contribution is 2.21. The first-order valence-electron chi connectivity index (χ1n) is 5.57. The van der Waals surface area contributed by atoms with Crippen molar-refractivity contribution in [1.29, 1.82) is 0 Å². The third kappa shape index (κ3) is 3.68. The highest BCUT2D eigenvalue weighted by molar-refractivity contribution is 7.16. The van der Waals surface area contributed by atoms with Gasteiger partial charge in [-0.3, -0.25) is 4.79 Å². The van der Waals surface area contributed by atoms with Crippen LogP contribution in [0.2, 0.25) is 4.34 Å². The van der Waals surface area contributed by atoms with Gasteiger partial charge in [-0.25, -0.2) is 4.39 Å². The molecule has 3 nitrogen and oxygen atoms in total. The fourth-order valence-corrected chi connectivity index (χ4v) is 2.66. The topological polar surface area (TPSA) is 49.3 Å². The van der Waals surface area contributed by atoms with Crippen LogP contribution in [0, 0.1) is 5.82 Å². The van der Waals surface area contributed by atoms with E-state index in [1.807, 2.05) is 6.07 Å². The Hall–Kier alpha value is -1.59. The molecular weight excluding hydrogens is 289 g/mol. The number of thiophene rings is 1. The van der Waals surface area contributed by atoms with Crippen LogP contribution in [-0.4, -0.2) is 17.6 Å². The second-order valence-electron chi connectivity index (χ2n) is 3.88. The molecule has 0 spiro atoms. The molecule has 0 radical (unpaired) electrons. The van der Waals surface area contributed by atoms with Gasteiger partial charge in [-0.1, -0.05) is 11.6 Å². The molecular formula is C13H11ClFNO2S. The van der Waals surface area contributed by atoms with Crippen molar-refractivity contribution >= 4 is 28.8 Å². The lowest BCUT2D eigenvalue weighted by Crippen LogP contribution is -2.26. The molecule has 0 aliphatic heterocycles. The highest BCUT2D eigenvalue weighted by atomic mass is 35.5. The summed E-state index contributed by atoms with van der Waals surface area (Å²) in [6.45, 7) is 0.399. The average molecular weight is 300 g/mol. The Kier molecular flexibility index (Phi) is 4.39. The molecule has 0 aliphatic carbocycles. The Bertz CT molecular complexity index is 600. The summed E-state index contributed by atoms with van der Waals surface area (Å²) >= 11 is 7.24. The predicted molar refractivity (Wildman–Crippen MR) is 73.4 cm³/mol. The molecule has 0 saturated heterocycles. The molecule has 1 aromatic carbocycles. The minimum Gasteiger partial charge on any atom is -0.508 e. The number of halogens is 2. The van der Waals surface area contributed by atoms with E-state index in [2.05, 4.69) is 5.32 Å². The molecule has 6 heteroatoms. The lowest BCUT2D eigenvalue weighted by molar-refractivity contribution is 0.0950. The van der Waals surface area contributed by atoms with E-state index < -0.39 is 11.7 Å². The van der Waals surface area contributed by atoms with Crippen LogP contribution in [0.5, 0.6) is 5.75 Å². The van der Waals surface area contributed by atoms with Crippen LogP contribution in [0.1, 0.15) is 15.2 Å². The lowest BCUT2D eigenvalue weighted by atomic mass is 10.2. The first-order chi connectivity index (χ1) is 9.06. The summed E-state index contributed by atoms with van der Waals surface area (Å²) in [6.07, 6.45) is 0.642. The summed E-state index contributed by atoms with van der Waals surface area (Å²) in [5.74, 6) is -1.45. The molecule has 0 saturated carbocycles. The molecule has 2 aromatic rings. The van der Waals surface area contributed by atoms with Crippen LogP contribution in [0.3, 0.4) is 0 Å². The van der Waals surface area contributed by atoms with Crippen molar-refractivity contribution in [2.45, 2.75) is 6.42 Å². The second-order valence-corrected chi connectivity index (χ2v) is 5.68. The molecule has 100 valence electrons. The average Bonchev–Trinajstić information content (AvgIpc) is 2.75. The molecule has 1 amide bonds. The van der Waals surface area contributed by atoms with Crippen LogP contribution in [0.15, 0.2) is 30.3 Å². The summed E-state index contributed by atoms with van der Waals surface area (Å²) in [7, 11) is 0. The van der Waals surface area contributed by atoms with Gasteiger partial charge in [0.05, 0.1) is 9.90 Å². The third-order valence-corrected chi connectivity index (χ3v) is 3.77. The number of aromatic hydroxyl groups is 1. The van der Waals surface area contributed by atoms with Crippen molar-refractivity contribution in [3.05, 3.63) is 50.9 Å². The zero-order chi connectivity index (χ0) is 13.8. The number of phenolic OH excluding ortho intramolecular Hbond substituents is 1. The number of phenols is 1. The van der Waals surface area contributed by atoms with Crippen LogP contribution < -0.4 is 5.32 Å². The minimum absolute atomic E-state index is 0.0815. The molecule has 0 bridgehead atoms. The summed E-state index contributed by atoms with van der Waals surface area (Å²) < 4.78 is 14.1. The Balaban J connectivity index is 1.90. The van der Waals surface area contributed by atoms with Crippen molar-refractivity contribution in [2.75, 3.05) is 6.54 Å². The molecule has 0 aliphatic rings. The monoisotopic (exact) mass is 299 g/mol. The van der Waals surface area contributed by atoms with Gasteiger partial charge in [0, 0.05) is 17.5 Å². The summed E-state index contributed by atoms with van der Waals surface area (Å²) in [5.41, 5.74) is -0.0815. The minimum atomic E-state index is -0.739. The number of hydrogen-bond acceptors (Lipinski definition) is 3. The maximum Gasteiger partial charge on any atom is 0.254 e. The fourth-order valence-electron chi connectivity index (χ4n) is 1.57. The molecule has 0 atom stereocenters. The number of amides is 1. The zero-order valence-corrected chi connectivity index (χ0v) is 11.4. The van der Waals surface area contributed by atoms with Gasteiger partial charge < -0.3 is 10.4 Å². The molecule has 0 fully saturated rings. The van der Waals surface area contributed by atoms with Gasteiger partial charge in [0.1, 0.15) is 11.6 Å². The van der Waals surface area contributed by atoms with Gasteiger partial charge in [-0.05, 0) is 30.7 Å². The van der Waals surface area contributed by atoms with E-state index >= 15 is 0 Å². The predicted octanol–water partition coefficient (Wildman–Crippen LogP) is 3.22. The van der Waals surface area contributed by atoms with E-state index in [4.69, 9.17) is 16.7 Å². The van der Waals surface area contributed by atoms with Crippen molar-refractivity contribution in [3.63, 3.8) is 0 Å². The maximum atomic E-state index is 13.4. The van der Waals surface area contributed by atoms with E-state index in [0.717, 1.165) is 10.9 Å². The standard InChI is InChI=1S/C13H11ClFNO2S/c14-12-4-2-9(19-12)5-6-16-13(18)10-3-1-8(17)7-11(10)15/h1-4,7,17H,5-6H2,(H,16,18). The quantitative estimate of drug-likeness (QED) is 0.911. The van der Waals surface area contributed by atoms with Gasteiger partial charge in [0.15, 0.2) is 0 Å². The Morgan fingerprint density at radius 3 is 2.79 bits per heavy atom. The van der Waals surface area contributed by atoms with Crippen LogP contribution >= 0.6 is 22.9 Å². The second kappa shape index (κ2) is 6.04. The summed E-state index contributed by atoms with van der Waals surface area (Å²) in [6, 6.07) is 7.12. The molecule has 1 aromatic heterocycles. The summed E-state index contributed by atoms with van der Waals surface area (Å²) in [5, 5.41) is 11.7. The van der Waals surface area contributed by atoms with E-state index in [1.165, 1.54) is 23.5 Å². The van der Waals surface area contributed by atoms with Crippen molar-refractivity contribution in [3.8, 4) is 5.75 Å². The molecule has 1 heterocycles. The number of hydrogen-bond donors (Lipinski definition) is 2. The Labute approximate surface area is 118 Å². The maximum absolute atomic E-state index is 13.4. The SMILES string of the molecule is O=C(NCCc1ccc(Cl)s1)c1ccc(O)cc1F. The number of carbonyl (C=O) groups excluding carboxylic acids is 1. The highest BCUT2D eigenvalue weighted by Gasteiger charge is 2.11. The number of rotatable bonds is 4. The third-order valence-electron chi connectivity index (χ3n) is 2.48. The summed E-state index contributed by atoms with van der Waals surface area (Å²) in [4.78, 5) is 12.8. The smallest absolute Gasteiger partial charge is 0.254 e. The first-order valence-corrected chi connectivity index (χ1v) is 6.76. The van der Waals surface area contributed by atoms with Crippen LogP contribution in [0.4, 0.5) is 4.39 Å². The van der Waals surface area contributed by atoms with E-state index in [1.54, 1.807) is 6.07 Å². The van der Waals surface area contributed by atoms with Crippen LogP contribution in [-0.2, 0) is 6.42 Å². The molecule has 2 rings (SSSR count). The van der Waals surface area contributed by atoms with Gasteiger partial charge in [-0.2, -0.15) is 0 Å². The van der Waals surface area contributed by atoms with Crippen molar-refractivity contribution in [2.24, 2.45) is 0 Å². The van der Waals surface area contributed by atoms with Crippen molar-refractivity contribution in [1.82, 2.24) is 5.32 Å². The molecule has 19 heavy (non-hydrogen) atoms. The van der Waals surface area contributed by atoms with Gasteiger partial charge in [0.25, 0.3) is 5.91 Å². The van der Waals surface area contributed by atoms with Gasteiger partial charge in [0.2, 0.25) is 0 Å². The number of carbonyl (C=O) groups is 1. The van der Waals surface area contributed by atoms with Crippen molar-refractivity contribution < 1.29 is 14.3 Å². The fraction of sp³-hybridized carbons (Fsp3) is 0.154. The number of nitrogens with one attached hydrogen (secondary N) is 1. The van der Waals surface area contributed by atoms with Gasteiger partial charge in [-0.15, -0.1) is 11.3 Å². The largest absolute Gasteiger partial charge is 0.508 e. The zero-order valence-electron chi connectivity index (χ0n) is 9.82. The van der Waals surface area contributed by atoms with Crippen LogP contribution in [0.25, 0.3) is 0 Å². The molecule has 0 unspecified atom stereocenters. The van der Waals surface area contributed by atoms with E-state index in [0.29, 0.717) is 17.3 Å². The lowest BCUT2D eigenvalue weighted by Gasteiger charge is -2.05. The Morgan fingerprint density at radius 1 is 1.37 bits per heavy atom. The number of benzene rings is 1. The van der Waals surface area contributed by atoms with Gasteiger partial charge >= 0.3 is 0 Å². The molecule has 2 N–H and O–H groups in total. The first kappa shape index (κ1) is 13.8. The Morgan fingerprint density at radius 2 is 2.16 bits per heavy atom.